The number of ketones is 2. The highest BCUT2D eigenvalue weighted by Gasteiger charge is 2.38. The van der Waals surface area contributed by atoms with E-state index in [2.05, 4.69) is 4.98 Å². The molecule has 1 atom stereocenters. The first-order chi connectivity index (χ1) is 17.9. The lowest BCUT2D eigenvalue weighted by molar-refractivity contribution is -0.139. The Morgan fingerprint density at radius 1 is 1.00 bits per heavy atom. The standard InChI is InChI=1S/C27H25FN2O6S/c1-2-35-27(34)21-16-37-25(29-21)22(23(31)17-8-10-20(28)11-9-17)24(32)18-12-14-30(15-13-18)36-26(33)19-6-4-3-5-7-19/h3-11,16,18,22H,2,12-15H2,1H3. The number of carbonyl (C=O) groups is 4. The largest absolute Gasteiger partial charge is 0.461 e. The molecule has 3 aromatic rings. The molecule has 0 amide bonds. The molecular weight excluding hydrogens is 499 g/mol. The Balaban J connectivity index is 1.50. The van der Waals surface area contributed by atoms with Crippen molar-refractivity contribution in [3.8, 4) is 0 Å². The molecule has 0 saturated carbocycles. The molecule has 2 heterocycles. The van der Waals surface area contributed by atoms with E-state index in [9.17, 15) is 23.6 Å². The van der Waals surface area contributed by atoms with E-state index < -0.39 is 35.4 Å². The van der Waals surface area contributed by atoms with Crippen LogP contribution in [0.5, 0.6) is 0 Å². The fraction of sp³-hybridized carbons (Fsp3) is 0.296. The molecule has 192 valence electrons. The summed E-state index contributed by atoms with van der Waals surface area (Å²) in [4.78, 5) is 61.3. The molecule has 0 spiro atoms. The molecular formula is C27H25FN2O6S. The van der Waals surface area contributed by atoms with Crippen LogP contribution in [0, 0.1) is 11.7 Å². The molecule has 1 unspecified atom stereocenters. The van der Waals surface area contributed by atoms with Crippen molar-refractivity contribution >= 4 is 34.8 Å². The third kappa shape index (κ3) is 6.33. The number of hydroxylamine groups is 2. The van der Waals surface area contributed by atoms with Gasteiger partial charge in [0.05, 0.1) is 12.2 Å². The number of aromatic nitrogens is 1. The van der Waals surface area contributed by atoms with Gasteiger partial charge in [-0.3, -0.25) is 9.59 Å². The van der Waals surface area contributed by atoms with Gasteiger partial charge in [-0.15, -0.1) is 16.4 Å². The van der Waals surface area contributed by atoms with Gasteiger partial charge < -0.3 is 9.57 Å². The Labute approximate surface area is 217 Å². The predicted molar refractivity (Wildman–Crippen MR) is 133 cm³/mol. The summed E-state index contributed by atoms with van der Waals surface area (Å²) in [6.07, 6.45) is 0.731. The van der Waals surface area contributed by atoms with Crippen LogP contribution in [0.1, 0.15) is 61.9 Å². The number of piperidine rings is 1. The van der Waals surface area contributed by atoms with Gasteiger partial charge in [-0.05, 0) is 56.2 Å². The van der Waals surface area contributed by atoms with Gasteiger partial charge in [-0.25, -0.2) is 19.0 Å². The fourth-order valence-electron chi connectivity index (χ4n) is 4.07. The monoisotopic (exact) mass is 524 g/mol. The van der Waals surface area contributed by atoms with Crippen LogP contribution in [0.2, 0.25) is 0 Å². The van der Waals surface area contributed by atoms with Crippen LogP contribution < -0.4 is 0 Å². The molecule has 10 heteroatoms. The van der Waals surface area contributed by atoms with Gasteiger partial charge in [0, 0.05) is 30.0 Å². The lowest BCUT2D eigenvalue weighted by Crippen LogP contribution is -2.40. The van der Waals surface area contributed by atoms with Crippen molar-refractivity contribution in [3.05, 3.63) is 87.6 Å². The van der Waals surface area contributed by atoms with Gasteiger partial charge in [0.15, 0.2) is 17.3 Å². The van der Waals surface area contributed by atoms with E-state index in [1.807, 2.05) is 0 Å². The van der Waals surface area contributed by atoms with Crippen LogP contribution in [-0.2, 0) is 14.4 Å². The molecule has 1 aliphatic rings. The molecule has 0 radical (unpaired) electrons. The molecule has 1 aliphatic heterocycles. The first-order valence-electron chi connectivity index (χ1n) is 11.9. The zero-order chi connectivity index (χ0) is 26.4. The third-order valence-electron chi connectivity index (χ3n) is 6.01. The minimum absolute atomic E-state index is 0.0224. The maximum atomic E-state index is 13.7. The number of ether oxygens (including phenoxy) is 1. The summed E-state index contributed by atoms with van der Waals surface area (Å²) >= 11 is 1.03. The smallest absolute Gasteiger partial charge is 0.357 e. The lowest BCUT2D eigenvalue weighted by atomic mass is 9.83. The number of rotatable bonds is 9. The maximum Gasteiger partial charge on any atom is 0.357 e. The molecule has 37 heavy (non-hydrogen) atoms. The summed E-state index contributed by atoms with van der Waals surface area (Å²) in [5.74, 6) is -4.22. The number of nitrogens with zero attached hydrogens (tertiary/aromatic N) is 2. The van der Waals surface area contributed by atoms with E-state index >= 15 is 0 Å². The van der Waals surface area contributed by atoms with E-state index in [-0.39, 0.29) is 28.7 Å². The van der Waals surface area contributed by atoms with Gasteiger partial charge in [0.25, 0.3) is 0 Å². The molecule has 1 saturated heterocycles. The number of thiazole rings is 1. The summed E-state index contributed by atoms with van der Waals surface area (Å²) in [5, 5.41) is 3.15. The molecule has 1 aromatic heterocycles. The number of Topliss-reactive ketones (excluding diaryl/α,β-unsaturated/α-hetero) is 2. The normalized spacial score (nSPS) is 15.1. The van der Waals surface area contributed by atoms with Crippen LogP contribution in [-0.4, -0.2) is 53.2 Å². The topological polar surface area (TPSA) is 103 Å². The Bertz CT molecular complexity index is 1270. The number of esters is 1. The molecule has 8 nitrogen and oxygen atoms in total. The molecule has 0 aliphatic carbocycles. The van der Waals surface area contributed by atoms with E-state index in [4.69, 9.17) is 9.57 Å². The van der Waals surface area contributed by atoms with Crippen molar-refractivity contribution < 1.29 is 33.1 Å². The van der Waals surface area contributed by atoms with Gasteiger partial charge in [0.2, 0.25) is 0 Å². The van der Waals surface area contributed by atoms with E-state index in [1.165, 1.54) is 22.6 Å². The van der Waals surface area contributed by atoms with E-state index in [1.54, 1.807) is 37.3 Å². The van der Waals surface area contributed by atoms with E-state index in [0.717, 1.165) is 23.5 Å². The first-order valence-corrected chi connectivity index (χ1v) is 12.7. The predicted octanol–water partition coefficient (Wildman–Crippen LogP) is 4.48. The zero-order valence-electron chi connectivity index (χ0n) is 20.1. The Hall–Kier alpha value is -3.76. The fourth-order valence-corrected chi connectivity index (χ4v) is 4.97. The van der Waals surface area contributed by atoms with Crippen molar-refractivity contribution in [2.24, 2.45) is 5.92 Å². The second-order valence-corrected chi connectivity index (χ2v) is 9.34. The summed E-state index contributed by atoms with van der Waals surface area (Å²) in [6.45, 7) is 2.46. The number of halogens is 1. The average molecular weight is 525 g/mol. The number of hydrogen-bond donors (Lipinski definition) is 0. The number of benzene rings is 2. The van der Waals surface area contributed by atoms with Gasteiger partial charge in [0.1, 0.15) is 16.7 Å². The SMILES string of the molecule is CCOC(=O)c1csc(C(C(=O)c2ccc(F)cc2)C(=O)C2CCN(OC(=O)c3ccccc3)CC2)n1. The quantitative estimate of drug-likeness (QED) is 0.229. The average Bonchev–Trinajstić information content (AvgIpc) is 3.40. The molecule has 1 fully saturated rings. The van der Waals surface area contributed by atoms with Crippen molar-refractivity contribution in [1.29, 1.82) is 0 Å². The Morgan fingerprint density at radius 3 is 2.32 bits per heavy atom. The lowest BCUT2D eigenvalue weighted by Gasteiger charge is -2.31. The van der Waals surface area contributed by atoms with Gasteiger partial charge in [-0.2, -0.15) is 0 Å². The Morgan fingerprint density at radius 2 is 1.68 bits per heavy atom. The number of hydrogen-bond acceptors (Lipinski definition) is 9. The Kier molecular flexibility index (Phi) is 8.52. The maximum absolute atomic E-state index is 13.7. The molecule has 0 bridgehead atoms. The minimum atomic E-state index is -1.25. The van der Waals surface area contributed by atoms with Crippen LogP contribution in [0.25, 0.3) is 0 Å². The van der Waals surface area contributed by atoms with Crippen LogP contribution in [0.3, 0.4) is 0 Å². The van der Waals surface area contributed by atoms with Crippen LogP contribution >= 0.6 is 11.3 Å². The highest BCUT2D eigenvalue weighted by atomic mass is 32.1. The zero-order valence-corrected chi connectivity index (χ0v) is 20.9. The van der Waals surface area contributed by atoms with Crippen LogP contribution in [0.15, 0.2) is 60.0 Å². The summed E-state index contributed by atoms with van der Waals surface area (Å²) < 4.78 is 18.4. The van der Waals surface area contributed by atoms with Crippen molar-refractivity contribution in [2.75, 3.05) is 19.7 Å². The van der Waals surface area contributed by atoms with Crippen molar-refractivity contribution in [1.82, 2.24) is 10.0 Å². The molecule has 4 rings (SSSR count). The summed E-state index contributed by atoms with van der Waals surface area (Å²) in [6, 6.07) is 13.5. The first kappa shape index (κ1) is 26.3. The van der Waals surface area contributed by atoms with E-state index in [0.29, 0.717) is 31.5 Å². The highest BCUT2D eigenvalue weighted by molar-refractivity contribution is 7.10. The molecule has 2 aromatic carbocycles. The van der Waals surface area contributed by atoms with Crippen LogP contribution in [0.4, 0.5) is 4.39 Å². The second kappa shape index (κ2) is 12.0. The van der Waals surface area contributed by atoms with Gasteiger partial charge >= 0.3 is 11.9 Å². The summed E-state index contributed by atoms with van der Waals surface area (Å²) in [7, 11) is 0. The summed E-state index contributed by atoms with van der Waals surface area (Å²) in [5.41, 5.74) is 0.614. The van der Waals surface area contributed by atoms with Gasteiger partial charge in [-0.1, -0.05) is 18.2 Å². The minimum Gasteiger partial charge on any atom is -0.461 e. The second-order valence-electron chi connectivity index (χ2n) is 8.45. The third-order valence-corrected chi connectivity index (χ3v) is 6.92. The highest BCUT2D eigenvalue weighted by Crippen LogP contribution is 2.32. The number of carbonyl (C=O) groups excluding carboxylic acids is 4. The van der Waals surface area contributed by atoms with Crippen molar-refractivity contribution in [3.63, 3.8) is 0 Å². The molecule has 0 N–H and O–H groups in total. The van der Waals surface area contributed by atoms with Crippen molar-refractivity contribution in [2.45, 2.75) is 25.7 Å².